The average Bonchev–Trinajstić information content (AvgIpc) is 3.25. The molecule has 8 heteroatoms. The Morgan fingerprint density at radius 1 is 1.13 bits per heavy atom. The van der Waals surface area contributed by atoms with E-state index in [9.17, 15) is 0 Å². The second-order valence-corrected chi connectivity index (χ2v) is 7.38. The lowest BCUT2D eigenvalue weighted by atomic mass is 9.98. The van der Waals surface area contributed by atoms with Gasteiger partial charge in [-0.05, 0) is 41.8 Å². The van der Waals surface area contributed by atoms with E-state index in [-0.39, 0.29) is 11.5 Å². The molecule has 0 unspecified atom stereocenters. The first-order valence-corrected chi connectivity index (χ1v) is 9.87. The Morgan fingerprint density at radius 2 is 2.07 bits per heavy atom. The van der Waals surface area contributed by atoms with Crippen LogP contribution in [0.15, 0.2) is 49.1 Å². The molecule has 0 radical (unpaired) electrons. The molecule has 1 aromatic carbocycles. The molecule has 0 spiro atoms. The molecule has 3 aromatic heterocycles. The van der Waals surface area contributed by atoms with Crippen LogP contribution in [0.2, 0.25) is 0 Å². The van der Waals surface area contributed by atoms with Crippen LogP contribution in [0.1, 0.15) is 27.8 Å². The summed E-state index contributed by atoms with van der Waals surface area (Å²) in [6.45, 7) is 2.52. The number of rotatable bonds is 5. The van der Waals surface area contributed by atoms with Gasteiger partial charge in [-0.1, -0.05) is 18.2 Å². The summed E-state index contributed by atoms with van der Waals surface area (Å²) in [5.74, 6) is 0.809. The zero-order valence-electron chi connectivity index (χ0n) is 16.4. The van der Waals surface area contributed by atoms with Crippen molar-refractivity contribution >= 4 is 28.4 Å². The third kappa shape index (κ3) is 3.37. The monoisotopic (exact) mass is 398 g/mol. The van der Waals surface area contributed by atoms with E-state index in [1.807, 2.05) is 18.3 Å². The summed E-state index contributed by atoms with van der Waals surface area (Å²) in [7, 11) is 0. The molecule has 0 saturated carbocycles. The standard InChI is InChI=1S/C22H22N8/c23-19(17-8-15-4-6-26-21(15)28-11-17)18-20(24)29-12-30-22(18)27-9-13-1-2-16-10-25-5-3-14(16)7-13/h1-2,4,6-8,11-12,23,25H,3,5,9-10H2,(H,26,28)(H3,24,27,29,30). The van der Waals surface area contributed by atoms with Crippen molar-refractivity contribution < 1.29 is 0 Å². The number of hydrogen-bond acceptors (Lipinski definition) is 7. The van der Waals surface area contributed by atoms with E-state index in [2.05, 4.69) is 48.8 Å². The van der Waals surface area contributed by atoms with Crippen LogP contribution in [-0.4, -0.2) is 32.2 Å². The molecule has 8 nitrogen and oxygen atoms in total. The Balaban J connectivity index is 1.42. The molecule has 0 amide bonds. The van der Waals surface area contributed by atoms with Gasteiger partial charge in [0.05, 0.1) is 11.3 Å². The lowest BCUT2D eigenvalue weighted by Gasteiger charge is -2.18. The number of nitrogen functional groups attached to an aromatic ring is 1. The highest BCUT2D eigenvalue weighted by Crippen LogP contribution is 2.24. The predicted molar refractivity (Wildman–Crippen MR) is 118 cm³/mol. The smallest absolute Gasteiger partial charge is 0.141 e. The van der Waals surface area contributed by atoms with Crippen molar-refractivity contribution in [1.82, 2.24) is 25.3 Å². The second kappa shape index (κ2) is 7.57. The number of nitrogens with two attached hydrogens (primary N) is 1. The van der Waals surface area contributed by atoms with E-state index in [1.165, 1.54) is 23.0 Å². The van der Waals surface area contributed by atoms with Gasteiger partial charge in [-0.3, -0.25) is 5.41 Å². The number of anilines is 2. The van der Waals surface area contributed by atoms with Crippen LogP contribution in [0, 0.1) is 5.41 Å². The van der Waals surface area contributed by atoms with Gasteiger partial charge in [0.2, 0.25) is 0 Å². The predicted octanol–water partition coefficient (Wildman–Crippen LogP) is 2.61. The number of pyridine rings is 1. The summed E-state index contributed by atoms with van der Waals surface area (Å²) >= 11 is 0. The maximum atomic E-state index is 8.73. The molecule has 0 aliphatic carbocycles. The molecule has 30 heavy (non-hydrogen) atoms. The number of nitrogens with one attached hydrogen (secondary N) is 4. The summed E-state index contributed by atoms with van der Waals surface area (Å²) in [6.07, 6.45) is 5.94. The van der Waals surface area contributed by atoms with Crippen LogP contribution in [0.5, 0.6) is 0 Å². The van der Waals surface area contributed by atoms with Crippen molar-refractivity contribution in [1.29, 1.82) is 5.41 Å². The largest absolute Gasteiger partial charge is 0.383 e. The Morgan fingerprint density at radius 3 is 3.00 bits per heavy atom. The fourth-order valence-electron chi connectivity index (χ4n) is 3.83. The molecular weight excluding hydrogens is 376 g/mol. The Kier molecular flexibility index (Phi) is 4.61. The third-order valence-corrected chi connectivity index (χ3v) is 5.43. The minimum atomic E-state index is 0.239. The summed E-state index contributed by atoms with van der Waals surface area (Å²) in [5, 5.41) is 16.4. The second-order valence-electron chi connectivity index (χ2n) is 7.38. The fraction of sp³-hybridized carbons (Fsp3) is 0.182. The molecule has 1 aliphatic rings. The number of H-pyrrole nitrogens is 1. The summed E-state index contributed by atoms with van der Waals surface area (Å²) < 4.78 is 0. The number of hydrogen-bond donors (Lipinski definition) is 5. The van der Waals surface area contributed by atoms with Crippen LogP contribution >= 0.6 is 0 Å². The molecule has 0 atom stereocenters. The number of benzene rings is 1. The third-order valence-electron chi connectivity index (χ3n) is 5.43. The normalized spacial score (nSPS) is 13.2. The van der Waals surface area contributed by atoms with Gasteiger partial charge < -0.3 is 21.4 Å². The molecule has 6 N–H and O–H groups in total. The van der Waals surface area contributed by atoms with Crippen LogP contribution in [0.4, 0.5) is 11.6 Å². The summed E-state index contributed by atoms with van der Waals surface area (Å²) in [6, 6.07) is 10.4. The number of nitrogens with zero attached hydrogens (tertiary/aromatic N) is 3. The molecule has 4 heterocycles. The van der Waals surface area contributed by atoms with Crippen LogP contribution < -0.4 is 16.4 Å². The first kappa shape index (κ1) is 18.3. The van der Waals surface area contributed by atoms with Crippen molar-refractivity contribution in [2.75, 3.05) is 17.6 Å². The van der Waals surface area contributed by atoms with Gasteiger partial charge in [-0.15, -0.1) is 0 Å². The Bertz CT molecular complexity index is 1240. The van der Waals surface area contributed by atoms with E-state index in [4.69, 9.17) is 11.1 Å². The maximum Gasteiger partial charge on any atom is 0.141 e. The van der Waals surface area contributed by atoms with Crippen molar-refractivity contribution in [2.24, 2.45) is 0 Å². The molecule has 0 bridgehead atoms. The van der Waals surface area contributed by atoms with Crippen molar-refractivity contribution in [2.45, 2.75) is 19.5 Å². The Labute approximate surface area is 173 Å². The molecule has 150 valence electrons. The van der Waals surface area contributed by atoms with Crippen molar-refractivity contribution in [3.05, 3.63) is 76.9 Å². The molecule has 5 rings (SSSR count). The molecular formula is C22H22N8. The van der Waals surface area contributed by atoms with Gasteiger partial charge in [0.25, 0.3) is 0 Å². The van der Waals surface area contributed by atoms with Crippen LogP contribution in [0.25, 0.3) is 11.0 Å². The zero-order valence-corrected chi connectivity index (χ0v) is 16.4. The summed E-state index contributed by atoms with van der Waals surface area (Å²) in [4.78, 5) is 15.9. The van der Waals surface area contributed by atoms with Gasteiger partial charge in [-0.2, -0.15) is 0 Å². The number of aromatic nitrogens is 4. The Hall–Kier alpha value is -3.78. The highest BCUT2D eigenvalue weighted by molar-refractivity contribution is 6.16. The fourth-order valence-corrected chi connectivity index (χ4v) is 3.83. The molecule has 1 aliphatic heterocycles. The first-order chi connectivity index (χ1) is 14.7. The minimum Gasteiger partial charge on any atom is -0.383 e. The van der Waals surface area contributed by atoms with Gasteiger partial charge in [0.15, 0.2) is 0 Å². The molecule has 4 aromatic rings. The lowest BCUT2D eigenvalue weighted by molar-refractivity contribution is 0.643. The lowest BCUT2D eigenvalue weighted by Crippen LogP contribution is -2.23. The van der Waals surface area contributed by atoms with E-state index >= 15 is 0 Å². The maximum absolute atomic E-state index is 8.73. The van der Waals surface area contributed by atoms with Crippen LogP contribution in [-0.2, 0) is 19.5 Å². The van der Waals surface area contributed by atoms with Gasteiger partial charge >= 0.3 is 0 Å². The van der Waals surface area contributed by atoms with E-state index in [0.29, 0.717) is 23.5 Å². The van der Waals surface area contributed by atoms with Crippen molar-refractivity contribution in [3.8, 4) is 0 Å². The van der Waals surface area contributed by atoms with Gasteiger partial charge in [-0.25, -0.2) is 15.0 Å². The van der Waals surface area contributed by atoms with E-state index < -0.39 is 0 Å². The topological polar surface area (TPSA) is 128 Å². The van der Waals surface area contributed by atoms with E-state index in [0.717, 1.165) is 30.5 Å². The first-order valence-electron chi connectivity index (χ1n) is 9.87. The molecule has 0 fully saturated rings. The van der Waals surface area contributed by atoms with E-state index in [1.54, 1.807) is 6.20 Å². The van der Waals surface area contributed by atoms with Crippen LogP contribution in [0.3, 0.4) is 0 Å². The number of aromatic amines is 1. The highest BCUT2D eigenvalue weighted by atomic mass is 15.0. The van der Waals surface area contributed by atoms with Gasteiger partial charge in [0, 0.05) is 36.4 Å². The zero-order chi connectivity index (χ0) is 20.5. The van der Waals surface area contributed by atoms with Gasteiger partial charge in [0.1, 0.15) is 23.6 Å². The number of fused-ring (bicyclic) bond motifs is 2. The average molecular weight is 398 g/mol. The molecule has 0 saturated heterocycles. The SMILES string of the molecule is N=C(c1cnc2[nH]ccc2c1)c1c(N)ncnc1NCc1ccc2c(c1)CCNC2. The highest BCUT2D eigenvalue weighted by Gasteiger charge is 2.17. The van der Waals surface area contributed by atoms with Crippen molar-refractivity contribution in [3.63, 3.8) is 0 Å². The quantitative estimate of drug-likeness (QED) is 0.329. The minimum absolute atomic E-state index is 0.239. The summed E-state index contributed by atoms with van der Waals surface area (Å²) in [5.41, 5.74) is 12.2.